The summed E-state index contributed by atoms with van der Waals surface area (Å²) in [6, 6.07) is 21.2. The van der Waals surface area contributed by atoms with E-state index in [9.17, 15) is 4.79 Å². The molecular formula is C21H26ClNO2. The lowest BCUT2D eigenvalue weighted by atomic mass is 9.79. The average molecular weight is 360 g/mol. The number of hydrogen-bond donors (Lipinski definition) is 0. The topological polar surface area (TPSA) is 29.5 Å². The minimum Gasteiger partial charge on any atom is -0.461 e. The molecule has 2 atom stereocenters. The Balaban J connectivity index is 0.00000225. The molecule has 2 unspecified atom stereocenters. The van der Waals surface area contributed by atoms with Gasteiger partial charge in [-0.1, -0.05) is 60.7 Å². The Morgan fingerprint density at radius 1 is 1.04 bits per heavy atom. The number of likely N-dealkylation sites (tertiary alicyclic amines) is 1. The molecular weight excluding hydrogens is 334 g/mol. The Morgan fingerprint density at radius 2 is 1.56 bits per heavy atom. The van der Waals surface area contributed by atoms with Crippen molar-refractivity contribution in [2.45, 2.75) is 37.8 Å². The van der Waals surface area contributed by atoms with Gasteiger partial charge in [0.05, 0.1) is 6.04 Å². The van der Waals surface area contributed by atoms with Gasteiger partial charge in [-0.25, -0.2) is 0 Å². The van der Waals surface area contributed by atoms with Gasteiger partial charge in [-0.2, -0.15) is 0 Å². The van der Waals surface area contributed by atoms with Gasteiger partial charge in [0.25, 0.3) is 0 Å². The molecule has 3 rings (SSSR count). The van der Waals surface area contributed by atoms with E-state index in [-0.39, 0.29) is 36.4 Å². The molecule has 0 aromatic heterocycles. The van der Waals surface area contributed by atoms with E-state index in [0.29, 0.717) is 0 Å². The van der Waals surface area contributed by atoms with Crippen LogP contribution in [-0.2, 0) is 9.53 Å². The molecule has 4 heteroatoms. The quantitative estimate of drug-likeness (QED) is 0.763. The molecule has 1 heterocycles. The van der Waals surface area contributed by atoms with Gasteiger partial charge in [0.1, 0.15) is 6.10 Å². The van der Waals surface area contributed by atoms with Gasteiger partial charge in [-0.3, -0.25) is 9.69 Å². The van der Waals surface area contributed by atoms with Crippen molar-refractivity contribution in [3.8, 4) is 0 Å². The Morgan fingerprint density at radius 3 is 2.04 bits per heavy atom. The molecule has 0 aliphatic carbocycles. The Bertz CT molecular complexity index is 623. The first-order chi connectivity index (χ1) is 11.7. The van der Waals surface area contributed by atoms with Crippen molar-refractivity contribution in [3.05, 3.63) is 71.8 Å². The summed E-state index contributed by atoms with van der Waals surface area (Å²) in [7, 11) is 2.14. The largest absolute Gasteiger partial charge is 0.461 e. The number of esters is 1. The summed E-state index contributed by atoms with van der Waals surface area (Å²) in [6.45, 7) is 2.53. The van der Waals surface area contributed by atoms with Crippen molar-refractivity contribution in [3.63, 3.8) is 0 Å². The normalized spacial score (nSPS) is 20.8. The second-order valence-corrected chi connectivity index (χ2v) is 6.56. The van der Waals surface area contributed by atoms with E-state index in [2.05, 4.69) is 60.5 Å². The molecule has 0 bridgehead atoms. The number of carbonyl (C=O) groups excluding carboxylic acids is 1. The van der Waals surface area contributed by atoms with E-state index in [1.165, 1.54) is 18.1 Å². The van der Waals surface area contributed by atoms with Gasteiger partial charge in [0.15, 0.2) is 0 Å². The maximum Gasteiger partial charge on any atom is 0.302 e. The van der Waals surface area contributed by atoms with Crippen LogP contribution in [0.4, 0.5) is 0 Å². The van der Waals surface area contributed by atoms with E-state index in [1.807, 2.05) is 12.1 Å². The van der Waals surface area contributed by atoms with Gasteiger partial charge in [-0.05, 0) is 37.6 Å². The summed E-state index contributed by atoms with van der Waals surface area (Å²) in [5, 5.41) is 0. The maximum atomic E-state index is 11.6. The summed E-state index contributed by atoms with van der Waals surface area (Å²) in [4.78, 5) is 14.0. The van der Waals surface area contributed by atoms with Gasteiger partial charge in [0, 0.05) is 12.8 Å². The first-order valence-electron chi connectivity index (χ1n) is 8.64. The van der Waals surface area contributed by atoms with E-state index >= 15 is 0 Å². The summed E-state index contributed by atoms with van der Waals surface area (Å²) in [5.41, 5.74) is 2.53. The number of ether oxygens (including phenoxy) is 1. The fourth-order valence-corrected chi connectivity index (χ4v) is 3.86. The molecule has 3 nitrogen and oxygen atoms in total. The van der Waals surface area contributed by atoms with Crippen LogP contribution >= 0.6 is 12.4 Å². The molecule has 0 spiro atoms. The van der Waals surface area contributed by atoms with Crippen molar-refractivity contribution in [2.75, 3.05) is 13.6 Å². The molecule has 0 amide bonds. The molecule has 0 radical (unpaired) electrons. The number of halogens is 1. The highest BCUT2D eigenvalue weighted by molar-refractivity contribution is 5.85. The van der Waals surface area contributed by atoms with E-state index in [4.69, 9.17) is 4.74 Å². The maximum absolute atomic E-state index is 11.6. The molecule has 0 saturated carbocycles. The molecule has 1 saturated heterocycles. The highest BCUT2D eigenvalue weighted by Crippen LogP contribution is 2.36. The molecule has 1 aliphatic heterocycles. The lowest BCUT2D eigenvalue weighted by molar-refractivity contribution is -0.152. The smallest absolute Gasteiger partial charge is 0.302 e. The zero-order valence-corrected chi connectivity index (χ0v) is 15.6. The summed E-state index contributed by atoms with van der Waals surface area (Å²) in [6.07, 6.45) is 1.90. The van der Waals surface area contributed by atoms with Gasteiger partial charge in [0.2, 0.25) is 0 Å². The summed E-state index contributed by atoms with van der Waals surface area (Å²) < 4.78 is 5.72. The number of nitrogens with zero attached hydrogens (tertiary/aromatic N) is 1. The minimum atomic E-state index is -0.194. The second-order valence-electron chi connectivity index (χ2n) is 6.56. The number of rotatable bonds is 4. The Labute approximate surface area is 156 Å². The predicted molar refractivity (Wildman–Crippen MR) is 103 cm³/mol. The predicted octanol–water partition coefficient (Wildman–Crippen LogP) is 4.27. The number of benzene rings is 2. The SMILES string of the molecule is CC(=O)OC1CCCN(C)C1C(c1ccccc1)c1ccccc1.Cl. The van der Waals surface area contributed by atoms with E-state index < -0.39 is 0 Å². The van der Waals surface area contributed by atoms with Crippen LogP contribution in [0.15, 0.2) is 60.7 Å². The number of carbonyl (C=O) groups is 1. The van der Waals surface area contributed by atoms with E-state index in [1.54, 1.807) is 0 Å². The molecule has 25 heavy (non-hydrogen) atoms. The van der Waals surface area contributed by atoms with Crippen molar-refractivity contribution < 1.29 is 9.53 Å². The monoisotopic (exact) mass is 359 g/mol. The molecule has 0 N–H and O–H groups in total. The molecule has 2 aromatic carbocycles. The van der Waals surface area contributed by atoms with Crippen molar-refractivity contribution in [2.24, 2.45) is 0 Å². The lowest BCUT2D eigenvalue weighted by Gasteiger charge is -2.43. The van der Waals surface area contributed by atoms with Crippen LogP contribution in [0.1, 0.15) is 36.8 Å². The van der Waals surface area contributed by atoms with Crippen LogP contribution in [0.5, 0.6) is 0 Å². The van der Waals surface area contributed by atoms with Crippen LogP contribution < -0.4 is 0 Å². The Hall–Kier alpha value is -1.84. The molecule has 2 aromatic rings. The average Bonchev–Trinajstić information content (AvgIpc) is 2.59. The van der Waals surface area contributed by atoms with Crippen molar-refractivity contribution in [1.82, 2.24) is 4.90 Å². The first kappa shape index (κ1) is 19.5. The van der Waals surface area contributed by atoms with Crippen molar-refractivity contribution >= 4 is 18.4 Å². The van der Waals surface area contributed by atoms with Crippen LogP contribution in [0, 0.1) is 0 Å². The zero-order chi connectivity index (χ0) is 16.9. The zero-order valence-electron chi connectivity index (χ0n) is 14.8. The molecule has 1 fully saturated rings. The molecule has 134 valence electrons. The number of hydrogen-bond acceptors (Lipinski definition) is 3. The number of likely N-dealkylation sites (N-methyl/N-ethyl adjacent to an activating group) is 1. The third-order valence-corrected chi connectivity index (χ3v) is 4.87. The summed E-state index contributed by atoms with van der Waals surface area (Å²) in [5.74, 6) is -0.0118. The van der Waals surface area contributed by atoms with E-state index in [0.717, 1.165) is 19.4 Å². The Kier molecular flexibility index (Phi) is 7.03. The highest BCUT2D eigenvalue weighted by atomic mass is 35.5. The van der Waals surface area contributed by atoms with Crippen LogP contribution in [-0.4, -0.2) is 36.6 Å². The van der Waals surface area contributed by atoms with Crippen LogP contribution in [0.2, 0.25) is 0 Å². The third-order valence-electron chi connectivity index (χ3n) is 4.87. The fourth-order valence-electron chi connectivity index (χ4n) is 3.86. The standard InChI is InChI=1S/C21H25NO2.ClH/c1-16(23)24-19-14-9-15-22(2)21(19)20(17-10-5-3-6-11-17)18-12-7-4-8-13-18;/h3-8,10-13,19-21H,9,14-15H2,1-2H3;1H. The summed E-state index contributed by atoms with van der Waals surface area (Å²) >= 11 is 0. The molecule has 1 aliphatic rings. The second kappa shape index (κ2) is 9.02. The van der Waals surface area contributed by atoms with Crippen molar-refractivity contribution in [1.29, 1.82) is 0 Å². The highest BCUT2D eigenvalue weighted by Gasteiger charge is 2.38. The van der Waals surface area contributed by atoms with Gasteiger partial charge < -0.3 is 4.74 Å². The fraction of sp³-hybridized carbons (Fsp3) is 0.381. The van der Waals surface area contributed by atoms with Gasteiger partial charge >= 0.3 is 5.97 Å². The number of piperidine rings is 1. The third kappa shape index (κ3) is 4.62. The minimum absolute atomic E-state index is 0. The van der Waals surface area contributed by atoms with Gasteiger partial charge in [-0.15, -0.1) is 12.4 Å². The lowest BCUT2D eigenvalue weighted by Crippen LogP contribution is -2.51. The first-order valence-corrected chi connectivity index (χ1v) is 8.64. The van der Waals surface area contributed by atoms with Crippen LogP contribution in [0.25, 0.3) is 0 Å². The van der Waals surface area contributed by atoms with Crippen LogP contribution in [0.3, 0.4) is 0 Å².